The van der Waals surface area contributed by atoms with E-state index in [1.165, 1.54) is 6.20 Å². The Morgan fingerprint density at radius 2 is 1.80 bits per heavy atom. The van der Waals surface area contributed by atoms with Gasteiger partial charge in [0.25, 0.3) is 0 Å². The van der Waals surface area contributed by atoms with Gasteiger partial charge >= 0.3 is 6.18 Å². The summed E-state index contributed by atoms with van der Waals surface area (Å²) in [5.74, 6) is -0.826. The zero-order chi connectivity index (χ0) is 18.0. The summed E-state index contributed by atoms with van der Waals surface area (Å²) in [5.41, 5.74) is 1.02. The van der Waals surface area contributed by atoms with Crippen LogP contribution in [0.1, 0.15) is 11.3 Å². The molecule has 4 nitrogen and oxygen atoms in total. The zero-order valence-electron chi connectivity index (χ0n) is 13.0. The molecule has 25 heavy (non-hydrogen) atoms. The topological polar surface area (TPSA) is 50.7 Å². The third-order valence-corrected chi connectivity index (χ3v) is 3.35. The van der Waals surface area contributed by atoms with Gasteiger partial charge in [-0.2, -0.15) is 17.6 Å². The molecule has 0 spiro atoms. The van der Waals surface area contributed by atoms with Gasteiger partial charge in [-0.3, -0.25) is 0 Å². The molecule has 0 fully saturated rings. The molecule has 0 aliphatic carbocycles. The molecule has 0 aliphatic heterocycles. The fourth-order valence-electron chi connectivity index (χ4n) is 2.32. The van der Waals surface area contributed by atoms with Crippen LogP contribution in [0, 0.1) is 12.9 Å². The number of halogens is 4. The molecule has 0 unspecified atom stereocenters. The number of alkyl halides is 3. The summed E-state index contributed by atoms with van der Waals surface area (Å²) in [7, 11) is 0. The molecule has 0 radical (unpaired) electrons. The smallest absolute Gasteiger partial charge is 0.324 e. The van der Waals surface area contributed by atoms with Crippen LogP contribution >= 0.6 is 0 Å². The van der Waals surface area contributed by atoms with Crippen molar-refractivity contribution >= 4 is 11.6 Å². The van der Waals surface area contributed by atoms with Gasteiger partial charge in [-0.25, -0.2) is 15.0 Å². The monoisotopic (exact) mass is 348 g/mol. The largest absolute Gasteiger partial charge is 0.433 e. The maximum absolute atomic E-state index is 13.9. The van der Waals surface area contributed by atoms with Crippen molar-refractivity contribution < 1.29 is 17.6 Å². The molecule has 3 rings (SSSR count). The van der Waals surface area contributed by atoms with Gasteiger partial charge in [-0.1, -0.05) is 6.07 Å². The molecule has 1 aromatic carbocycles. The van der Waals surface area contributed by atoms with E-state index >= 15 is 0 Å². The third-order valence-electron chi connectivity index (χ3n) is 3.35. The fraction of sp³-hybridized carbons (Fsp3) is 0.118. The first kappa shape index (κ1) is 16.8. The Labute approximate surface area is 140 Å². The second-order valence-corrected chi connectivity index (χ2v) is 5.32. The molecule has 0 saturated heterocycles. The molecule has 3 aromatic rings. The highest BCUT2D eigenvalue weighted by molar-refractivity contribution is 5.70. The van der Waals surface area contributed by atoms with E-state index in [1.807, 2.05) is 0 Å². The van der Waals surface area contributed by atoms with E-state index in [-0.39, 0.29) is 5.95 Å². The van der Waals surface area contributed by atoms with Gasteiger partial charge < -0.3 is 5.32 Å². The Morgan fingerprint density at radius 3 is 2.52 bits per heavy atom. The number of anilines is 2. The Bertz CT molecular complexity index is 909. The molecule has 2 aromatic heterocycles. The Kier molecular flexibility index (Phi) is 4.35. The predicted molar refractivity (Wildman–Crippen MR) is 84.7 cm³/mol. The number of hydrogen-bond donors (Lipinski definition) is 1. The Balaban J connectivity index is 1.96. The lowest BCUT2D eigenvalue weighted by atomic mass is 10.0. The minimum atomic E-state index is -4.56. The highest BCUT2D eigenvalue weighted by atomic mass is 19.4. The molecule has 8 heteroatoms. The summed E-state index contributed by atoms with van der Waals surface area (Å²) >= 11 is 0. The number of pyridine rings is 1. The van der Waals surface area contributed by atoms with Crippen LogP contribution in [0.2, 0.25) is 0 Å². The van der Waals surface area contributed by atoms with Crippen molar-refractivity contribution in [3.8, 4) is 11.1 Å². The van der Waals surface area contributed by atoms with Crippen molar-refractivity contribution in [2.24, 2.45) is 0 Å². The number of nitrogens with zero attached hydrogens (tertiary/aromatic N) is 3. The average Bonchev–Trinajstić information content (AvgIpc) is 2.54. The van der Waals surface area contributed by atoms with Crippen LogP contribution in [-0.2, 0) is 6.18 Å². The fourth-order valence-corrected chi connectivity index (χ4v) is 2.32. The summed E-state index contributed by atoms with van der Waals surface area (Å²) in [6.07, 6.45) is -2.20. The van der Waals surface area contributed by atoms with E-state index in [2.05, 4.69) is 20.3 Å². The number of rotatable bonds is 3. The molecular formula is C17H12F4N4. The molecule has 128 valence electrons. The number of benzene rings is 1. The normalized spacial score (nSPS) is 11.4. The van der Waals surface area contributed by atoms with Gasteiger partial charge in [0, 0.05) is 23.6 Å². The van der Waals surface area contributed by atoms with Gasteiger partial charge in [0.2, 0.25) is 11.9 Å². The van der Waals surface area contributed by atoms with Crippen LogP contribution in [-0.4, -0.2) is 15.0 Å². The van der Waals surface area contributed by atoms with Crippen LogP contribution in [0.15, 0.2) is 48.8 Å². The maximum atomic E-state index is 13.9. The van der Waals surface area contributed by atoms with Crippen LogP contribution < -0.4 is 5.32 Å². The SMILES string of the molecule is Cc1cc(Nc2nccc(C(F)(F)F)n2)cc(-c2cccnc2F)c1. The highest BCUT2D eigenvalue weighted by Gasteiger charge is 2.32. The van der Waals surface area contributed by atoms with E-state index < -0.39 is 17.8 Å². The number of aromatic nitrogens is 3. The minimum absolute atomic E-state index is 0.196. The van der Waals surface area contributed by atoms with Crippen molar-refractivity contribution in [3.05, 3.63) is 66.0 Å². The van der Waals surface area contributed by atoms with Gasteiger partial charge in [-0.15, -0.1) is 0 Å². The Morgan fingerprint density at radius 1 is 1.00 bits per heavy atom. The molecule has 2 heterocycles. The van der Waals surface area contributed by atoms with E-state index in [9.17, 15) is 17.6 Å². The molecular weight excluding hydrogens is 336 g/mol. The van der Waals surface area contributed by atoms with Gasteiger partial charge in [0.15, 0.2) is 0 Å². The van der Waals surface area contributed by atoms with Crippen molar-refractivity contribution in [3.63, 3.8) is 0 Å². The molecule has 0 bridgehead atoms. The first-order chi connectivity index (χ1) is 11.8. The van der Waals surface area contributed by atoms with Gasteiger partial charge in [0.05, 0.1) is 0 Å². The maximum Gasteiger partial charge on any atom is 0.433 e. The first-order valence-corrected chi connectivity index (χ1v) is 7.23. The van der Waals surface area contributed by atoms with Gasteiger partial charge in [-0.05, 0) is 48.4 Å². The standard InChI is InChI=1S/C17H12F4N4/c1-10-7-11(13-3-2-5-22-15(13)18)9-12(8-10)24-16-23-6-4-14(25-16)17(19,20)21/h2-9H,1H3,(H,23,24,25). The van der Waals surface area contributed by atoms with Crippen LogP contribution in [0.3, 0.4) is 0 Å². The Hall–Kier alpha value is -3.03. The summed E-state index contributed by atoms with van der Waals surface area (Å²) in [4.78, 5) is 10.8. The lowest BCUT2D eigenvalue weighted by molar-refractivity contribution is -0.141. The zero-order valence-corrected chi connectivity index (χ0v) is 13.0. The quantitative estimate of drug-likeness (QED) is 0.548. The average molecular weight is 348 g/mol. The summed E-state index contributed by atoms with van der Waals surface area (Å²) in [6.45, 7) is 1.79. The predicted octanol–water partition coefficient (Wildman–Crippen LogP) is 4.75. The van der Waals surface area contributed by atoms with E-state index in [1.54, 1.807) is 37.3 Å². The number of aryl methyl sites for hydroxylation is 1. The first-order valence-electron chi connectivity index (χ1n) is 7.23. The minimum Gasteiger partial charge on any atom is -0.324 e. The van der Waals surface area contributed by atoms with Crippen molar-refractivity contribution in [1.82, 2.24) is 15.0 Å². The lowest BCUT2D eigenvalue weighted by Crippen LogP contribution is -2.10. The van der Waals surface area contributed by atoms with E-state index in [4.69, 9.17) is 0 Å². The van der Waals surface area contributed by atoms with E-state index in [0.29, 0.717) is 16.8 Å². The summed E-state index contributed by atoms with van der Waals surface area (Å²) < 4.78 is 52.1. The van der Waals surface area contributed by atoms with Crippen LogP contribution in [0.25, 0.3) is 11.1 Å². The number of hydrogen-bond acceptors (Lipinski definition) is 4. The van der Waals surface area contributed by atoms with Crippen LogP contribution in [0.4, 0.5) is 29.2 Å². The van der Waals surface area contributed by atoms with Crippen LogP contribution in [0.5, 0.6) is 0 Å². The third kappa shape index (κ3) is 3.90. The second kappa shape index (κ2) is 6.46. The summed E-state index contributed by atoms with van der Waals surface area (Å²) in [6, 6.07) is 9.00. The van der Waals surface area contributed by atoms with Crippen molar-refractivity contribution in [1.29, 1.82) is 0 Å². The van der Waals surface area contributed by atoms with Gasteiger partial charge in [0.1, 0.15) is 5.69 Å². The molecule has 0 atom stereocenters. The molecule has 0 saturated carbocycles. The lowest BCUT2D eigenvalue weighted by Gasteiger charge is -2.11. The molecule has 0 amide bonds. The molecule has 0 aliphatic rings. The van der Waals surface area contributed by atoms with Crippen molar-refractivity contribution in [2.45, 2.75) is 13.1 Å². The summed E-state index contributed by atoms with van der Waals surface area (Å²) in [5, 5.41) is 2.72. The number of nitrogens with one attached hydrogen (secondary N) is 1. The van der Waals surface area contributed by atoms with E-state index in [0.717, 1.165) is 17.8 Å². The molecule has 1 N–H and O–H groups in total. The second-order valence-electron chi connectivity index (χ2n) is 5.32. The highest BCUT2D eigenvalue weighted by Crippen LogP contribution is 2.29. The van der Waals surface area contributed by atoms with Crippen molar-refractivity contribution in [2.75, 3.05) is 5.32 Å².